The van der Waals surface area contributed by atoms with Crippen molar-refractivity contribution in [2.45, 2.75) is 38.6 Å². The van der Waals surface area contributed by atoms with Crippen LogP contribution in [0.5, 0.6) is 0 Å². The topological polar surface area (TPSA) is 12.0 Å². The molecule has 0 aliphatic heterocycles. The lowest BCUT2D eigenvalue weighted by atomic mass is 9.89. The van der Waals surface area contributed by atoms with E-state index in [0.717, 1.165) is 6.54 Å². The molecule has 0 spiro atoms. The quantitative estimate of drug-likeness (QED) is 0.867. The minimum Gasteiger partial charge on any atom is -0.310 e. The van der Waals surface area contributed by atoms with Crippen LogP contribution in [0, 0.1) is 6.92 Å². The fourth-order valence-corrected chi connectivity index (χ4v) is 4.02. The van der Waals surface area contributed by atoms with Crippen LogP contribution >= 0.6 is 11.3 Å². The second-order valence-electron chi connectivity index (χ2n) is 5.37. The van der Waals surface area contributed by atoms with Gasteiger partial charge in [-0.3, -0.25) is 0 Å². The van der Waals surface area contributed by atoms with Crippen LogP contribution in [0.4, 0.5) is 0 Å². The van der Waals surface area contributed by atoms with Gasteiger partial charge >= 0.3 is 0 Å². The van der Waals surface area contributed by atoms with E-state index in [4.69, 9.17) is 0 Å². The lowest BCUT2D eigenvalue weighted by molar-refractivity contribution is 0.454. The van der Waals surface area contributed by atoms with Crippen molar-refractivity contribution in [1.82, 2.24) is 5.32 Å². The first kappa shape index (κ1) is 12.9. The first-order valence-corrected chi connectivity index (χ1v) is 8.03. The van der Waals surface area contributed by atoms with Crippen molar-refractivity contribution >= 4 is 11.3 Å². The van der Waals surface area contributed by atoms with Gasteiger partial charge in [0, 0.05) is 16.8 Å². The van der Waals surface area contributed by atoms with Gasteiger partial charge in [0.1, 0.15) is 0 Å². The average molecular weight is 271 g/mol. The van der Waals surface area contributed by atoms with E-state index in [9.17, 15) is 0 Å². The Hall–Kier alpha value is -1.12. The molecule has 0 amide bonds. The number of hydrogen-bond acceptors (Lipinski definition) is 2. The van der Waals surface area contributed by atoms with Crippen LogP contribution in [0.15, 0.2) is 35.7 Å². The first-order valence-electron chi connectivity index (χ1n) is 7.16. The molecule has 0 fully saturated rings. The molecule has 19 heavy (non-hydrogen) atoms. The highest BCUT2D eigenvalue weighted by molar-refractivity contribution is 7.10. The standard InChI is InChI=1S/C17H21NS/c1-3-18-17(14-10-12(2)19-11-14)16-9-8-13-6-4-5-7-15(13)16/h4-7,10-11,16-18H,3,8-9H2,1-2H3. The van der Waals surface area contributed by atoms with Gasteiger partial charge in [0.2, 0.25) is 0 Å². The summed E-state index contributed by atoms with van der Waals surface area (Å²) in [5, 5.41) is 6.02. The van der Waals surface area contributed by atoms with Gasteiger partial charge in [0.15, 0.2) is 0 Å². The maximum absolute atomic E-state index is 3.70. The molecule has 1 aromatic heterocycles. The van der Waals surface area contributed by atoms with Crippen LogP contribution in [-0.2, 0) is 6.42 Å². The summed E-state index contributed by atoms with van der Waals surface area (Å²) in [6.07, 6.45) is 2.50. The van der Waals surface area contributed by atoms with Crippen LogP contribution in [0.3, 0.4) is 0 Å². The monoisotopic (exact) mass is 271 g/mol. The van der Waals surface area contributed by atoms with Crippen LogP contribution in [0.1, 0.15) is 46.9 Å². The number of rotatable bonds is 4. The lowest BCUT2D eigenvalue weighted by Gasteiger charge is -2.25. The molecule has 100 valence electrons. The average Bonchev–Trinajstić information content (AvgIpc) is 3.03. The van der Waals surface area contributed by atoms with E-state index in [1.807, 2.05) is 11.3 Å². The summed E-state index contributed by atoms with van der Waals surface area (Å²) in [5.41, 5.74) is 4.56. The predicted octanol–water partition coefficient (Wildman–Crippen LogP) is 4.44. The third-order valence-corrected chi connectivity index (χ3v) is 5.00. The minimum absolute atomic E-state index is 0.471. The molecular weight excluding hydrogens is 250 g/mol. The Bertz CT molecular complexity index is 558. The zero-order valence-corrected chi connectivity index (χ0v) is 12.5. The molecule has 1 aliphatic rings. The Morgan fingerprint density at radius 3 is 2.95 bits per heavy atom. The van der Waals surface area contributed by atoms with Gasteiger partial charge in [-0.1, -0.05) is 31.2 Å². The van der Waals surface area contributed by atoms with Gasteiger partial charge in [0.05, 0.1) is 0 Å². The highest BCUT2D eigenvalue weighted by atomic mass is 32.1. The smallest absolute Gasteiger partial charge is 0.0398 e. The Morgan fingerprint density at radius 1 is 1.37 bits per heavy atom. The molecule has 2 unspecified atom stereocenters. The molecule has 1 aliphatic carbocycles. The molecule has 3 rings (SSSR count). The summed E-state index contributed by atoms with van der Waals surface area (Å²) in [6, 6.07) is 11.8. The molecule has 1 N–H and O–H groups in total. The summed E-state index contributed by atoms with van der Waals surface area (Å²) in [4.78, 5) is 1.41. The summed E-state index contributed by atoms with van der Waals surface area (Å²) < 4.78 is 0. The SMILES string of the molecule is CCNC(c1csc(C)c1)C1CCc2ccccc21. The zero-order valence-electron chi connectivity index (χ0n) is 11.6. The second-order valence-corrected chi connectivity index (χ2v) is 6.49. The second kappa shape index (κ2) is 5.48. The van der Waals surface area contributed by atoms with Crippen molar-refractivity contribution in [3.63, 3.8) is 0 Å². The summed E-state index contributed by atoms with van der Waals surface area (Å²) >= 11 is 1.86. The van der Waals surface area contributed by atoms with E-state index in [1.54, 1.807) is 11.1 Å². The zero-order chi connectivity index (χ0) is 13.2. The fourth-order valence-electron chi connectivity index (χ4n) is 3.28. The number of hydrogen-bond donors (Lipinski definition) is 1. The maximum atomic E-state index is 3.70. The molecule has 2 heteroatoms. The van der Waals surface area contributed by atoms with Crippen molar-refractivity contribution in [2.24, 2.45) is 0 Å². The molecule has 0 saturated carbocycles. The number of thiophene rings is 1. The Labute approximate surface area is 119 Å². The van der Waals surface area contributed by atoms with Crippen LogP contribution in [0.2, 0.25) is 0 Å². The molecule has 1 heterocycles. The van der Waals surface area contributed by atoms with E-state index < -0.39 is 0 Å². The summed E-state index contributed by atoms with van der Waals surface area (Å²) in [6.45, 7) is 5.42. The lowest BCUT2D eigenvalue weighted by Crippen LogP contribution is -2.25. The summed E-state index contributed by atoms with van der Waals surface area (Å²) in [5.74, 6) is 0.630. The number of nitrogens with one attached hydrogen (secondary N) is 1. The third kappa shape index (κ3) is 2.47. The van der Waals surface area contributed by atoms with Crippen molar-refractivity contribution < 1.29 is 0 Å². The van der Waals surface area contributed by atoms with Crippen molar-refractivity contribution in [3.8, 4) is 0 Å². The molecule has 0 saturated heterocycles. The number of fused-ring (bicyclic) bond motifs is 1. The Morgan fingerprint density at radius 2 is 2.21 bits per heavy atom. The highest BCUT2D eigenvalue weighted by Gasteiger charge is 2.30. The molecule has 0 bridgehead atoms. The van der Waals surface area contributed by atoms with Crippen molar-refractivity contribution in [2.75, 3.05) is 6.54 Å². The van der Waals surface area contributed by atoms with Gasteiger partial charge in [-0.15, -0.1) is 11.3 Å². The van der Waals surface area contributed by atoms with Crippen LogP contribution < -0.4 is 5.32 Å². The minimum atomic E-state index is 0.471. The Kier molecular flexibility index (Phi) is 3.72. The third-order valence-electron chi connectivity index (χ3n) is 4.12. The molecule has 2 atom stereocenters. The number of benzene rings is 1. The Balaban J connectivity index is 1.94. The fraction of sp³-hybridized carbons (Fsp3) is 0.412. The van der Waals surface area contributed by atoms with E-state index in [2.05, 4.69) is 54.9 Å². The van der Waals surface area contributed by atoms with Gasteiger partial charge in [-0.05, 0) is 54.4 Å². The summed E-state index contributed by atoms with van der Waals surface area (Å²) in [7, 11) is 0. The van der Waals surface area contributed by atoms with Crippen molar-refractivity contribution in [1.29, 1.82) is 0 Å². The molecule has 2 aromatic rings. The maximum Gasteiger partial charge on any atom is 0.0398 e. The van der Waals surface area contributed by atoms with Gasteiger partial charge in [0.25, 0.3) is 0 Å². The van der Waals surface area contributed by atoms with Gasteiger partial charge < -0.3 is 5.32 Å². The van der Waals surface area contributed by atoms with Crippen LogP contribution in [-0.4, -0.2) is 6.54 Å². The number of aryl methyl sites for hydroxylation is 2. The van der Waals surface area contributed by atoms with Gasteiger partial charge in [-0.2, -0.15) is 0 Å². The van der Waals surface area contributed by atoms with Gasteiger partial charge in [-0.25, -0.2) is 0 Å². The molecular formula is C17H21NS. The van der Waals surface area contributed by atoms with Crippen molar-refractivity contribution in [3.05, 3.63) is 57.3 Å². The van der Waals surface area contributed by atoms with Crippen LogP contribution in [0.25, 0.3) is 0 Å². The van der Waals surface area contributed by atoms with E-state index in [-0.39, 0.29) is 0 Å². The molecule has 1 nitrogen and oxygen atoms in total. The van der Waals surface area contributed by atoms with E-state index >= 15 is 0 Å². The molecule has 0 radical (unpaired) electrons. The normalized spacial score (nSPS) is 19.4. The highest BCUT2D eigenvalue weighted by Crippen LogP contribution is 2.42. The number of likely N-dealkylation sites (N-methyl/N-ethyl adjacent to an activating group) is 1. The van der Waals surface area contributed by atoms with E-state index in [0.29, 0.717) is 12.0 Å². The predicted molar refractivity (Wildman–Crippen MR) is 83.0 cm³/mol. The first-order chi connectivity index (χ1) is 9.29. The molecule has 1 aromatic carbocycles. The van der Waals surface area contributed by atoms with E-state index in [1.165, 1.54) is 23.3 Å². The largest absolute Gasteiger partial charge is 0.310 e.